The predicted molar refractivity (Wildman–Crippen MR) is 89.5 cm³/mol. The largest absolute Gasteiger partial charge is 0.293 e. The van der Waals surface area contributed by atoms with Crippen molar-refractivity contribution in [3.05, 3.63) is 58.6 Å². The summed E-state index contributed by atoms with van der Waals surface area (Å²) >= 11 is 11.4. The minimum atomic E-state index is -4.04. The molecule has 0 spiro atoms. The highest BCUT2D eigenvalue weighted by atomic mass is 35.5. The Morgan fingerprint density at radius 1 is 0.652 bits per heavy atom. The van der Waals surface area contributed by atoms with Gasteiger partial charge in [0.1, 0.15) is 0 Å². The fraction of sp³-hybridized carbons (Fsp3) is 0. The number of hydrogen-bond acceptors (Lipinski definition) is 4. The van der Waals surface area contributed by atoms with Crippen LogP contribution >= 0.6 is 23.2 Å². The zero-order valence-corrected chi connectivity index (χ0v) is 15.1. The molecule has 23 heavy (non-hydrogen) atoms. The highest BCUT2D eigenvalue weighted by Crippen LogP contribution is 2.17. The molecule has 0 fully saturated rings. The first-order valence-electron chi connectivity index (χ1n) is 5.83. The standard InChI is InChI=1S/C12H8Cl2N2O4S3/c13-9-1-5-11(6-2-9)22(17,18)15-21-16-23(19,20)12-7-3-10(14)4-8-12/h1-8H. The van der Waals surface area contributed by atoms with Gasteiger partial charge in [-0.15, -0.1) is 0 Å². The highest BCUT2D eigenvalue weighted by molar-refractivity contribution is 7.97. The quantitative estimate of drug-likeness (QED) is 0.770. The predicted octanol–water partition coefficient (Wildman–Crippen LogP) is 3.52. The van der Waals surface area contributed by atoms with Crippen LogP contribution in [0.3, 0.4) is 0 Å². The van der Waals surface area contributed by atoms with Crippen LogP contribution < -0.4 is 0 Å². The maximum Gasteiger partial charge on any atom is 0.293 e. The first-order chi connectivity index (χ1) is 10.7. The van der Waals surface area contributed by atoms with Crippen molar-refractivity contribution in [1.29, 1.82) is 0 Å². The number of hydrogen-bond donors (Lipinski definition) is 0. The molecule has 2 aromatic rings. The van der Waals surface area contributed by atoms with Gasteiger partial charge in [0, 0.05) is 10.0 Å². The smallest absolute Gasteiger partial charge is 0.198 e. The number of nitrogens with zero attached hydrogens (tertiary/aromatic N) is 2. The number of benzene rings is 2. The van der Waals surface area contributed by atoms with E-state index in [-0.39, 0.29) is 21.1 Å². The summed E-state index contributed by atoms with van der Waals surface area (Å²) in [5.74, 6) is 0. The lowest BCUT2D eigenvalue weighted by Crippen LogP contribution is -1.97. The third-order valence-corrected chi connectivity index (χ3v) is 6.83. The molecule has 0 radical (unpaired) electrons. The maximum absolute atomic E-state index is 11.9. The van der Waals surface area contributed by atoms with E-state index in [9.17, 15) is 16.8 Å². The third kappa shape index (κ3) is 4.85. The molecule has 2 rings (SSSR count). The summed E-state index contributed by atoms with van der Waals surface area (Å²) < 4.78 is 54.1. The molecule has 0 aromatic heterocycles. The molecule has 0 saturated carbocycles. The van der Waals surface area contributed by atoms with Crippen molar-refractivity contribution >= 4 is 54.6 Å². The van der Waals surface area contributed by atoms with E-state index < -0.39 is 20.0 Å². The van der Waals surface area contributed by atoms with Crippen molar-refractivity contribution < 1.29 is 16.8 Å². The number of sulfonamides is 2. The molecule has 0 N–H and O–H groups in total. The molecule has 2 aromatic carbocycles. The molecular weight excluding hydrogens is 403 g/mol. The lowest BCUT2D eigenvalue weighted by atomic mass is 10.4. The molecule has 11 heteroatoms. The average molecular weight is 411 g/mol. The first-order valence-corrected chi connectivity index (χ1v) is 10.2. The molecule has 0 saturated heterocycles. The van der Waals surface area contributed by atoms with Crippen molar-refractivity contribution in [2.75, 3.05) is 0 Å². The van der Waals surface area contributed by atoms with Gasteiger partial charge in [0.2, 0.25) is 0 Å². The lowest BCUT2D eigenvalue weighted by molar-refractivity contribution is 0.597. The van der Waals surface area contributed by atoms with Gasteiger partial charge >= 0.3 is 0 Å². The Morgan fingerprint density at radius 2 is 0.957 bits per heavy atom. The zero-order valence-electron chi connectivity index (χ0n) is 11.1. The van der Waals surface area contributed by atoms with E-state index in [1.165, 1.54) is 48.5 Å². The SMILES string of the molecule is O=S(=O)(N=S=NS(=O)(=O)c1ccc(Cl)cc1)c1ccc(Cl)cc1. The molecule has 0 aliphatic rings. The zero-order chi connectivity index (χ0) is 17.1. The minimum Gasteiger partial charge on any atom is -0.198 e. The Labute approximate surface area is 147 Å². The Bertz CT molecular complexity index is 900. The molecule has 0 unspecified atom stereocenters. The molecule has 0 aliphatic heterocycles. The summed E-state index contributed by atoms with van der Waals surface area (Å²) in [6.07, 6.45) is 0. The van der Waals surface area contributed by atoms with E-state index in [0.29, 0.717) is 10.0 Å². The number of halogens is 2. The Morgan fingerprint density at radius 3 is 1.26 bits per heavy atom. The highest BCUT2D eigenvalue weighted by Gasteiger charge is 2.14. The van der Waals surface area contributed by atoms with Gasteiger partial charge in [-0.05, 0) is 48.5 Å². The van der Waals surface area contributed by atoms with Gasteiger partial charge in [-0.3, -0.25) is 0 Å². The second kappa shape index (κ2) is 7.10. The van der Waals surface area contributed by atoms with E-state index in [1.807, 2.05) is 0 Å². The van der Waals surface area contributed by atoms with Crippen LogP contribution in [0.25, 0.3) is 0 Å². The third-order valence-electron chi connectivity index (χ3n) is 2.49. The van der Waals surface area contributed by atoms with Crippen LogP contribution in [0.2, 0.25) is 10.0 Å². The summed E-state index contributed by atoms with van der Waals surface area (Å²) in [7, 11) is -8.08. The molecule has 0 aliphatic carbocycles. The van der Waals surface area contributed by atoms with E-state index in [1.54, 1.807) is 0 Å². The topological polar surface area (TPSA) is 93.0 Å². The molecule has 0 bridgehead atoms. The molecule has 122 valence electrons. The van der Waals surface area contributed by atoms with E-state index in [4.69, 9.17) is 23.2 Å². The van der Waals surface area contributed by atoms with Crippen molar-refractivity contribution in [2.45, 2.75) is 9.79 Å². The summed E-state index contributed by atoms with van der Waals surface area (Å²) in [6, 6.07) is 10.6. The monoisotopic (exact) mass is 410 g/mol. The molecular formula is C12H8Cl2N2O4S3. The van der Waals surface area contributed by atoms with E-state index in [2.05, 4.69) is 7.54 Å². The van der Waals surface area contributed by atoms with Gasteiger partial charge in [-0.1, -0.05) is 30.7 Å². The normalized spacial score (nSPS) is 11.7. The van der Waals surface area contributed by atoms with Crippen LogP contribution in [0.4, 0.5) is 0 Å². The minimum absolute atomic E-state index is 0.0733. The lowest BCUT2D eigenvalue weighted by Gasteiger charge is -1.97. The maximum atomic E-state index is 11.9. The van der Waals surface area contributed by atoms with E-state index in [0.717, 1.165) is 0 Å². The summed E-state index contributed by atoms with van der Waals surface area (Å²) in [4.78, 5) is -0.234. The van der Waals surface area contributed by atoms with Gasteiger partial charge in [0.15, 0.2) is 0 Å². The van der Waals surface area contributed by atoms with Crippen molar-refractivity contribution in [2.24, 2.45) is 7.54 Å². The van der Waals surface area contributed by atoms with Crippen LogP contribution in [-0.2, 0) is 31.4 Å². The molecule has 0 amide bonds. The number of rotatable bonds is 4. The van der Waals surface area contributed by atoms with Gasteiger partial charge in [0.05, 0.1) is 21.1 Å². The Kier molecular flexibility index (Phi) is 5.58. The Balaban J connectivity index is 2.32. The summed E-state index contributed by atoms with van der Waals surface area (Å²) in [5.41, 5.74) is 0. The van der Waals surface area contributed by atoms with E-state index >= 15 is 0 Å². The molecule has 0 atom stereocenters. The van der Waals surface area contributed by atoms with Crippen LogP contribution in [0.1, 0.15) is 0 Å². The second-order valence-corrected chi connectivity index (χ2v) is 9.16. The van der Waals surface area contributed by atoms with Crippen LogP contribution in [-0.4, -0.2) is 16.8 Å². The first kappa shape index (κ1) is 18.1. The van der Waals surface area contributed by atoms with Crippen molar-refractivity contribution in [3.8, 4) is 0 Å². The average Bonchev–Trinajstić information content (AvgIpc) is 2.47. The summed E-state index contributed by atoms with van der Waals surface area (Å²) in [6.45, 7) is 0. The van der Waals surface area contributed by atoms with Crippen LogP contribution in [0.5, 0.6) is 0 Å². The van der Waals surface area contributed by atoms with Gasteiger partial charge in [0.25, 0.3) is 20.0 Å². The molecule has 6 nitrogen and oxygen atoms in total. The second-order valence-electron chi connectivity index (χ2n) is 4.09. The fourth-order valence-corrected chi connectivity index (χ4v) is 4.36. The van der Waals surface area contributed by atoms with Gasteiger partial charge < -0.3 is 0 Å². The van der Waals surface area contributed by atoms with Crippen molar-refractivity contribution in [1.82, 2.24) is 0 Å². The van der Waals surface area contributed by atoms with Crippen LogP contribution in [0, 0.1) is 0 Å². The summed E-state index contributed by atoms with van der Waals surface area (Å²) in [5, 5.41) is 0.734. The van der Waals surface area contributed by atoms with Gasteiger partial charge in [-0.25, -0.2) is 0 Å². The molecule has 0 heterocycles. The van der Waals surface area contributed by atoms with Crippen molar-refractivity contribution in [3.63, 3.8) is 0 Å². The van der Waals surface area contributed by atoms with Gasteiger partial charge in [-0.2, -0.15) is 16.8 Å². The fourth-order valence-electron chi connectivity index (χ4n) is 1.40. The van der Waals surface area contributed by atoms with Crippen LogP contribution in [0.15, 0.2) is 65.9 Å². The Hall–Kier alpha value is -1.26.